The highest BCUT2D eigenvalue weighted by Gasteiger charge is 2.15. The Morgan fingerprint density at radius 2 is 2.12 bits per heavy atom. The van der Waals surface area contributed by atoms with Gasteiger partial charge in [-0.2, -0.15) is 0 Å². The topological polar surface area (TPSA) is 106 Å². The Kier molecular flexibility index (Phi) is 5.39. The van der Waals surface area contributed by atoms with Gasteiger partial charge >= 0.3 is 5.97 Å². The number of nitrogens with one attached hydrogen (secondary N) is 1. The molecule has 1 saturated heterocycles. The van der Waals surface area contributed by atoms with Crippen molar-refractivity contribution in [1.29, 1.82) is 0 Å². The number of hydrogen-bond donors (Lipinski definition) is 2. The van der Waals surface area contributed by atoms with Gasteiger partial charge in [0.25, 0.3) is 0 Å². The van der Waals surface area contributed by atoms with Gasteiger partial charge in [-0.1, -0.05) is 11.3 Å². The van der Waals surface area contributed by atoms with Crippen LogP contribution in [-0.2, 0) is 9.53 Å². The summed E-state index contributed by atoms with van der Waals surface area (Å²) in [5.41, 5.74) is 1.13. The number of nitrogens with zero attached hydrogens (tertiary/aromatic N) is 3. The largest absolute Gasteiger partial charge is 0.476 e. The number of amides is 1. The summed E-state index contributed by atoms with van der Waals surface area (Å²) in [7, 11) is 0. The predicted octanol–water partition coefficient (Wildman–Crippen LogP) is 2.11. The highest BCUT2D eigenvalue weighted by molar-refractivity contribution is 5.91. The molecule has 8 nitrogen and oxygen atoms in total. The van der Waals surface area contributed by atoms with E-state index in [-0.39, 0.29) is 11.6 Å². The Morgan fingerprint density at radius 3 is 2.84 bits per heavy atom. The van der Waals surface area contributed by atoms with Crippen LogP contribution in [0, 0.1) is 5.92 Å². The fourth-order valence-electron chi connectivity index (χ4n) is 2.81. The van der Waals surface area contributed by atoms with E-state index >= 15 is 0 Å². The molecule has 25 heavy (non-hydrogen) atoms. The summed E-state index contributed by atoms with van der Waals surface area (Å²) in [5, 5.41) is 19.1. The van der Waals surface area contributed by atoms with Crippen molar-refractivity contribution < 1.29 is 19.4 Å². The minimum Gasteiger partial charge on any atom is -0.476 e. The van der Waals surface area contributed by atoms with Gasteiger partial charge in [-0.3, -0.25) is 4.79 Å². The van der Waals surface area contributed by atoms with Crippen molar-refractivity contribution in [3.63, 3.8) is 0 Å². The van der Waals surface area contributed by atoms with Crippen molar-refractivity contribution in [2.75, 3.05) is 18.5 Å². The molecule has 0 atom stereocenters. The highest BCUT2D eigenvalue weighted by atomic mass is 16.5. The lowest BCUT2D eigenvalue weighted by molar-refractivity contribution is -0.116. The molecular formula is C17H20N4O4. The molecule has 0 aliphatic carbocycles. The molecule has 132 valence electrons. The minimum absolute atomic E-state index is 0.0338. The number of hydrogen-bond acceptors (Lipinski definition) is 5. The second kappa shape index (κ2) is 7.89. The number of carbonyl (C=O) groups is 2. The SMILES string of the molecule is O=C(CCC1CCOCC1)Nc1cccc(-n2cc(C(=O)O)nn2)c1. The van der Waals surface area contributed by atoms with Crippen LogP contribution in [0.3, 0.4) is 0 Å². The lowest BCUT2D eigenvalue weighted by Gasteiger charge is -2.21. The maximum Gasteiger partial charge on any atom is 0.358 e. The number of rotatable bonds is 6. The standard InChI is InChI=1S/C17H20N4O4/c22-16(5-4-12-6-8-25-9-7-12)18-13-2-1-3-14(10-13)21-11-15(17(23)24)19-20-21/h1-3,10-12H,4-9H2,(H,18,22)(H,23,24). The smallest absolute Gasteiger partial charge is 0.358 e. The molecule has 2 heterocycles. The van der Waals surface area contributed by atoms with Crippen molar-refractivity contribution in [1.82, 2.24) is 15.0 Å². The third kappa shape index (κ3) is 4.63. The van der Waals surface area contributed by atoms with Gasteiger partial charge in [0.2, 0.25) is 5.91 Å². The molecule has 2 N–H and O–H groups in total. The molecule has 1 aliphatic heterocycles. The summed E-state index contributed by atoms with van der Waals surface area (Å²) < 4.78 is 6.69. The molecule has 1 aromatic heterocycles. The summed E-state index contributed by atoms with van der Waals surface area (Å²) in [6, 6.07) is 7.04. The zero-order chi connectivity index (χ0) is 17.6. The van der Waals surface area contributed by atoms with Crippen LogP contribution in [0.2, 0.25) is 0 Å². The molecule has 0 bridgehead atoms. The van der Waals surface area contributed by atoms with Crippen molar-refractivity contribution in [2.24, 2.45) is 5.92 Å². The van der Waals surface area contributed by atoms with Gasteiger partial charge in [0, 0.05) is 25.3 Å². The van der Waals surface area contributed by atoms with E-state index in [1.807, 2.05) is 0 Å². The van der Waals surface area contributed by atoms with Gasteiger partial charge in [-0.15, -0.1) is 5.10 Å². The average Bonchev–Trinajstić information content (AvgIpc) is 3.12. The first kappa shape index (κ1) is 17.1. The maximum atomic E-state index is 12.1. The Labute approximate surface area is 144 Å². The van der Waals surface area contributed by atoms with E-state index in [1.54, 1.807) is 24.3 Å². The van der Waals surface area contributed by atoms with E-state index in [0.717, 1.165) is 32.5 Å². The fourth-order valence-corrected chi connectivity index (χ4v) is 2.81. The molecule has 0 radical (unpaired) electrons. The zero-order valence-corrected chi connectivity index (χ0v) is 13.7. The van der Waals surface area contributed by atoms with E-state index in [4.69, 9.17) is 9.84 Å². The molecule has 1 fully saturated rings. The third-order valence-electron chi connectivity index (χ3n) is 4.23. The van der Waals surface area contributed by atoms with Gasteiger partial charge in [0.15, 0.2) is 5.69 Å². The molecule has 0 unspecified atom stereocenters. The van der Waals surface area contributed by atoms with E-state index in [0.29, 0.717) is 23.7 Å². The number of carbonyl (C=O) groups excluding carboxylic acids is 1. The van der Waals surface area contributed by atoms with Crippen LogP contribution in [0.15, 0.2) is 30.5 Å². The average molecular weight is 344 g/mol. The molecule has 1 amide bonds. The molecule has 8 heteroatoms. The highest BCUT2D eigenvalue weighted by Crippen LogP contribution is 2.21. The van der Waals surface area contributed by atoms with Crippen LogP contribution in [0.1, 0.15) is 36.2 Å². The number of ether oxygens (including phenoxy) is 1. The Hall–Kier alpha value is -2.74. The molecule has 1 aromatic carbocycles. The second-order valence-electron chi connectivity index (χ2n) is 6.05. The van der Waals surface area contributed by atoms with Gasteiger partial charge < -0.3 is 15.2 Å². The van der Waals surface area contributed by atoms with Crippen molar-refractivity contribution in [3.05, 3.63) is 36.2 Å². The maximum absolute atomic E-state index is 12.1. The van der Waals surface area contributed by atoms with Crippen LogP contribution in [0.4, 0.5) is 5.69 Å². The van der Waals surface area contributed by atoms with E-state index in [9.17, 15) is 9.59 Å². The van der Waals surface area contributed by atoms with Crippen LogP contribution in [-0.4, -0.2) is 45.2 Å². The Bertz CT molecular complexity index is 753. The summed E-state index contributed by atoms with van der Waals surface area (Å²) in [6.45, 7) is 1.56. The third-order valence-corrected chi connectivity index (χ3v) is 4.23. The summed E-state index contributed by atoms with van der Waals surface area (Å²) in [5.74, 6) is -0.618. The normalized spacial score (nSPS) is 15.0. The van der Waals surface area contributed by atoms with E-state index in [1.165, 1.54) is 10.9 Å². The number of benzene rings is 1. The first-order chi connectivity index (χ1) is 12.1. The number of aromatic nitrogens is 3. The molecule has 3 rings (SSSR count). The molecule has 1 aliphatic rings. The fraction of sp³-hybridized carbons (Fsp3) is 0.412. The van der Waals surface area contributed by atoms with Crippen LogP contribution in [0.25, 0.3) is 5.69 Å². The van der Waals surface area contributed by atoms with Crippen molar-refractivity contribution >= 4 is 17.6 Å². The van der Waals surface area contributed by atoms with Crippen LogP contribution in [0.5, 0.6) is 0 Å². The number of anilines is 1. The lowest BCUT2D eigenvalue weighted by atomic mass is 9.95. The second-order valence-corrected chi connectivity index (χ2v) is 6.05. The number of carboxylic acids is 1. The van der Waals surface area contributed by atoms with Gasteiger partial charge in [0.05, 0.1) is 11.9 Å². The van der Waals surface area contributed by atoms with E-state index < -0.39 is 5.97 Å². The Morgan fingerprint density at radius 1 is 1.32 bits per heavy atom. The lowest BCUT2D eigenvalue weighted by Crippen LogP contribution is -2.18. The monoisotopic (exact) mass is 344 g/mol. The summed E-state index contributed by atoms with van der Waals surface area (Å²) in [4.78, 5) is 23.0. The first-order valence-electron chi connectivity index (χ1n) is 8.25. The van der Waals surface area contributed by atoms with Crippen LogP contribution >= 0.6 is 0 Å². The summed E-state index contributed by atoms with van der Waals surface area (Å²) >= 11 is 0. The number of aromatic carboxylic acids is 1. The van der Waals surface area contributed by atoms with E-state index in [2.05, 4.69) is 15.6 Å². The van der Waals surface area contributed by atoms with Gasteiger partial charge in [-0.25, -0.2) is 9.48 Å². The summed E-state index contributed by atoms with van der Waals surface area (Å²) in [6.07, 6.45) is 4.69. The molecule has 0 spiro atoms. The molecular weight excluding hydrogens is 324 g/mol. The molecule has 0 saturated carbocycles. The van der Waals surface area contributed by atoms with Gasteiger partial charge in [0.1, 0.15) is 0 Å². The van der Waals surface area contributed by atoms with Gasteiger partial charge in [-0.05, 0) is 43.4 Å². The van der Waals surface area contributed by atoms with Crippen molar-refractivity contribution in [2.45, 2.75) is 25.7 Å². The quantitative estimate of drug-likeness (QED) is 0.831. The number of carboxylic acid groups (broad SMARTS) is 1. The van der Waals surface area contributed by atoms with Crippen molar-refractivity contribution in [3.8, 4) is 5.69 Å². The first-order valence-corrected chi connectivity index (χ1v) is 8.25. The molecule has 2 aromatic rings. The predicted molar refractivity (Wildman–Crippen MR) is 89.7 cm³/mol. The van der Waals surface area contributed by atoms with Crippen LogP contribution < -0.4 is 5.32 Å². The zero-order valence-electron chi connectivity index (χ0n) is 13.7. The Balaban J connectivity index is 1.58. The minimum atomic E-state index is -1.14.